The lowest BCUT2D eigenvalue weighted by Gasteiger charge is -2.32. The van der Waals surface area contributed by atoms with E-state index < -0.39 is 0 Å². The van der Waals surface area contributed by atoms with E-state index in [1.54, 1.807) is 0 Å². The summed E-state index contributed by atoms with van der Waals surface area (Å²) in [6, 6.07) is 4.43. The van der Waals surface area contributed by atoms with E-state index in [1.807, 2.05) is 19.2 Å². The summed E-state index contributed by atoms with van der Waals surface area (Å²) in [5.41, 5.74) is 10.4. The summed E-state index contributed by atoms with van der Waals surface area (Å²) in [4.78, 5) is 15.6. The highest BCUT2D eigenvalue weighted by molar-refractivity contribution is 5.62. The number of hydrogen-bond donors (Lipinski definition) is 1. The van der Waals surface area contributed by atoms with Gasteiger partial charge in [-0.1, -0.05) is 18.2 Å². The Morgan fingerprint density at radius 2 is 2.26 bits per heavy atom. The molecule has 7 heteroatoms. The molecule has 7 nitrogen and oxygen atoms in total. The van der Waals surface area contributed by atoms with Crippen LogP contribution in [0.25, 0.3) is 0 Å². The van der Waals surface area contributed by atoms with Gasteiger partial charge < -0.3 is 20.1 Å². The number of aryl methyl sites for hydroxylation is 1. The number of pyridine rings is 1. The molecule has 2 N–H and O–H groups in total. The molecule has 1 unspecified atom stereocenters. The molecule has 1 atom stereocenters. The van der Waals surface area contributed by atoms with Crippen molar-refractivity contribution in [3.05, 3.63) is 47.3 Å². The first-order chi connectivity index (χ1) is 13.1. The van der Waals surface area contributed by atoms with E-state index in [0.717, 1.165) is 54.4 Å². The zero-order valence-electron chi connectivity index (χ0n) is 15.6. The molecule has 0 radical (unpaired) electrons. The van der Waals surface area contributed by atoms with Gasteiger partial charge in [0.2, 0.25) is 0 Å². The molecule has 0 bridgehead atoms. The van der Waals surface area contributed by atoms with Crippen molar-refractivity contribution in [2.24, 2.45) is 5.92 Å². The standard InChI is InChI=1S/C20H25N5O2/c1-13-7-17-18(21)23-20(27-12-16-5-6-26-11-16)24-19(17)25(9-13)10-15-4-3-14(2)22-8-15/h3-4,8,16H,1,5-7,9-12H2,2H3,(H2,21,23,24). The molecule has 27 heavy (non-hydrogen) atoms. The van der Waals surface area contributed by atoms with Crippen molar-refractivity contribution in [3.8, 4) is 6.01 Å². The van der Waals surface area contributed by atoms with E-state index in [1.165, 1.54) is 0 Å². The summed E-state index contributed by atoms with van der Waals surface area (Å²) in [7, 11) is 0. The molecule has 1 saturated heterocycles. The lowest BCUT2D eigenvalue weighted by atomic mass is 10.0. The number of nitrogen functional groups attached to an aromatic ring is 1. The first kappa shape index (κ1) is 17.7. The van der Waals surface area contributed by atoms with Crippen LogP contribution < -0.4 is 15.4 Å². The largest absolute Gasteiger partial charge is 0.463 e. The van der Waals surface area contributed by atoms with Crippen LogP contribution in [0.4, 0.5) is 11.6 Å². The first-order valence-electron chi connectivity index (χ1n) is 9.28. The summed E-state index contributed by atoms with van der Waals surface area (Å²) < 4.78 is 11.2. The Morgan fingerprint density at radius 1 is 1.37 bits per heavy atom. The minimum absolute atomic E-state index is 0.331. The van der Waals surface area contributed by atoms with E-state index >= 15 is 0 Å². The van der Waals surface area contributed by atoms with Crippen LogP contribution in [0.5, 0.6) is 6.01 Å². The lowest BCUT2D eigenvalue weighted by molar-refractivity contribution is 0.163. The number of nitrogens with zero attached hydrogens (tertiary/aromatic N) is 4. The van der Waals surface area contributed by atoms with Gasteiger partial charge in [0.1, 0.15) is 11.6 Å². The SMILES string of the molecule is C=C1Cc2c(N)nc(OCC3CCOC3)nc2N(Cc2ccc(C)nc2)C1. The third-order valence-electron chi connectivity index (χ3n) is 4.96. The molecule has 0 spiro atoms. The zero-order valence-corrected chi connectivity index (χ0v) is 15.6. The molecule has 2 aliphatic heterocycles. The molecule has 0 aromatic carbocycles. The number of anilines is 2. The van der Waals surface area contributed by atoms with Crippen LogP contribution in [0, 0.1) is 12.8 Å². The van der Waals surface area contributed by atoms with Crippen LogP contribution in [0.2, 0.25) is 0 Å². The van der Waals surface area contributed by atoms with Crippen LogP contribution in [-0.2, 0) is 17.7 Å². The Hall–Kier alpha value is -2.67. The molecule has 2 aromatic rings. The average Bonchev–Trinajstić information content (AvgIpc) is 3.16. The van der Waals surface area contributed by atoms with Crippen molar-refractivity contribution in [2.45, 2.75) is 26.3 Å². The number of nitrogens with two attached hydrogens (primary N) is 1. The minimum Gasteiger partial charge on any atom is -0.463 e. The van der Waals surface area contributed by atoms with Crippen LogP contribution >= 0.6 is 0 Å². The summed E-state index contributed by atoms with van der Waals surface area (Å²) >= 11 is 0. The minimum atomic E-state index is 0.331. The Morgan fingerprint density at radius 3 is 3.00 bits per heavy atom. The van der Waals surface area contributed by atoms with Crippen molar-refractivity contribution in [3.63, 3.8) is 0 Å². The average molecular weight is 367 g/mol. The maximum Gasteiger partial charge on any atom is 0.320 e. The number of fused-ring (bicyclic) bond motifs is 1. The molecule has 1 fully saturated rings. The highest BCUT2D eigenvalue weighted by Crippen LogP contribution is 2.33. The molecule has 0 saturated carbocycles. The topological polar surface area (TPSA) is 86.4 Å². The third kappa shape index (κ3) is 4.03. The normalized spacial score (nSPS) is 19.2. The molecule has 4 heterocycles. The lowest BCUT2D eigenvalue weighted by Crippen LogP contribution is -2.32. The van der Waals surface area contributed by atoms with Crippen LogP contribution in [-0.4, -0.2) is 41.3 Å². The van der Waals surface area contributed by atoms with E-state index in [4.69, 9.17) is 15.2 Å². The van der Waals surface area contributed by atoms with Gasteiger partial charge in [0.05, 0.1) is 13.2 Å². The fraction of sp³-hybridized carbons (Fsp3) is 0.450. The second kappa shape index (κ2) is 7.52. The molecule has 2 aliphatic rings. The first-order valence-corrected chi connectivity index (χ1v) is 9.28. The van der Waals surface area contributed by atoms with E-state index in [2.05, 4.69) is 32.5 Å². The predicted octanol–water partition coefficient (Wildman–Crippen LogP) is 2.30. The fourth-order valence-electron chi connectivity index (χ4n) is 3.46. The van der Waals surface area contributed by atoms with Gasteiger partial charge in [-0.2, -0.15) is 9.97 Å². The summed E-state index contributed by atoms with van der Waals surface area (Å²) in [6.07, 6.45) is 3.60. The van der Waals surface area contributed by atoms with Crippen LogP contribution in [0.1, 0.15) is 23.2 Å². The summed E-state index contributed by atoms with van der Waals surface area (Å²) in [6.45, 7) is 9.62. The predicted molar refractivity (Wildman–Crippen MR) is 104 cm³/mol. The van der Waals surface area contributed by atoms with Crippen molar-refractivity contribution in [1.29, 1.82) is 0 Å². The van der Waals surface area contributed by atoms with Gasteiger partial charge in [-0.3, -0.25) is 4.98 Å². The van der Waals surface area contributed by atoms with E-state index in [9.17, 15) is 0 Å². The zero-order chi connectivity index (χ0) is 18.8. The van der Waals surface area contributed by atoms with Gasteiger partial charge >= 0.3 is 6.01 Å². The Bertz CT molecular complexity index is 831. The van der Waals surface area contributed by atoms with Gasteiger partial charge in [-0.15, -0.1) is 0 Å². The van der Waals surface area contributed by atoms with Gasteiger partial charge in [-0.05, 0) is 25.0 Å². The quantitative estimate of drug-likeness (QED) is 0.812. The molecule has 0 amide bonds. The fourth-order valence-corrected chi connectivity index (χ4v) is 3.46. The summed E-state index contributed by atoms with van der Waals surface area (Å²) in [5.74, 6) is 1.68. The van der Waals surface area contributed by atoms with Crippen molar-refractivity contribution < 1.29 is 9.47 Å². The second-order valence-corrected chi connectivity index (χ2v) is 7.32. The van der Waals surface area contributed by atoms with Crippen molar-refractivity contribution >= 4 is 11.6 Å². The monoisotopic (exact) mass is 367 g/mol. The number of rotatable bonds is 5. The number of hydrogen-bond acceptors (Lipinski definition) is 7. The molecule has 0 aliphatic carbocycles. The van der Waals surface area contributed by atoms with Crippen LogP contribution in [0.3, 0.4) is 0 Å². The second-order valence-electron chi connectivity index (χ2n) is 7.32. The maximum atomic E-state index is 6.23. The smallest absolute Gasteiger partial charge is 0.320 e. The van der Waals surface area contributed by atoms with Gasteiger partial charge in [0, 0.05) is 49.5 Å². The molecule has 142 valence electrons. The number of aromatic nitrogens is 3. The molecular weight excluding hydrogens is 342 g/mol. The molecule has 4 rings (SSSR count). The Labute approximate surface area is 159 Å². The number of ether oxygens (including phenoxy) is 2. The highest BCUT2D eigenvalue weighted by atomic mass is 16.5. The molecular formula is C20H25N5O2. The summed E-state index contributed by atoms with van der Waals surface area (Å²) in [5, 5.41) is 0. The molecule has 2 aromatic heterocycles. The Kier molecular flexibility index (Phi) is 4.94. The third-order valence-corrected chi connectivity index (χ3v) is 4.96. The van der Waals surface area contributed by atoms with Crippen molar-refractivity contribution in [2.75, 3.05) is 37.0 Å². The van der Waals surface area contributed by atoms with E-state index in [-0.39, 0.29) is 0 Å². The maximum absolute atomic E-state index is 6.23. The van der Waals surface area contributed by atoms with Crippen molar-refractivity contribution in [1.82, 2.24) is 15.0 Å². The van der Waals surface area contributed by atoms with Gasteiger partial charge in [0.25, 0.3) is 0 Å². The van der Waals surface area contributed by atoms with E-state index in [0.29, 0.717) is 37.3 Å². The highest BCUT2D eigenvalue weighted by Gasteiger charge is 2.25. The van der Waals surface area contributed by atoms with Gasteiger partial charge in [-0.25, -0.2) is 0 Å². The van der Waals surface area contributed by atoms with Gasteiger partial charge in [0.15, 0.2) is 0 Å². The Balaban J connectivity index is 1.57. The van der Waals surface area contributed by atoms with Crippen LogP contribution in [0.15, 0.2) is 30.5 Å².